The van der Waals surface area contributed by atoms with Crippen molar-refractivity contribution in [3.05, 3.63) is 60.2 Å². The van der Waals surface area contributed by atoms with Crippen LogP contribution in [0.25, 0.3) is 0 Å². The number of amides is 5. The van der Waals surface area contributed by atoms with Gasteiger partial charge in [-0.05, 0) is 79.1 Å². The van der Waals surface area contributed by atoms with Crippen molar-refractivity contribution in [2.45, 2.75) is 109 Å². The van der Waals surface area contributed by atoms with Gasteiger partial charge in [-0.1, -0.05) is 70.4 Å². The molecule has 5 aliphatic rings. The highest BCUT2D eigenvalue weighted by Gasteiger charge is 2.73. The number of nitrogens with one attached hydrogen (secondary N) is 4. The van der Waals surface area contributed by atoms with Gasteiger partial charge in [-0.15, -0.1) is 0 Å². The lowest BCUT2D eigenvalue weighted by atomic mass is 9.78. The summed E-state index contributed by atoms with van der Waals surface area (Å²) in [6.45, 7) is 7.80. The van der Waals surface area contributed by atoms with E-state index in [0.29, 0.717) is 18.9 Å². The Balaban J connectivity index is 1.10. The standard InChI is InChI=1S/C40H51N7O6/c1-22(23-11-7-5-8-12-23)43-37(52)32(48)27-19-40-18-26(40)17-25-21-47(31(29(25)40)36(51)44-27)38(53)33(39(2,3)4)46-35(50)30(24-13-9-6-10-14-24)45-34(49)28-20-41-15-16-42-28/h5,7-8,11-12,15-16,20,22,24-27,29-31,33H,6,9-10,13-14,17-19,21H2,1-4H3,(H,43,52)(H,44,51)(H,45,49)(H,46,50)/t22-,25-,26?,27-,29-,30-,31-,33+,40+/m0/s1. The van der Waals surface area contributed by atoms with Gasteiger partial charge < -0.3 is 26.2 Å². The predicted octanol–water partition coefficient (Wildman–Crippen LogP) is 2.87. The van der Waals surface area contributed by atoms with Crippen molar-refractivity contribution in [3.8, 4) is 0 Å². The van der Waals surface area contributed by atoms with Gasteiger partial charge in [0.05, 0.1) is 18.3 Å². The molecular weight excluding hydrogens is 674 g/mol. The summed E-state index contributed by atoms with van der Waals surface area (Å²) in [5, 5.41) is 11.6. The van der Waals surface area contributed by atoms with E-state index in [1.165, 1.54) is 18.6 Å². The minimum Gasteiger partial charge on any atom is -0.344 e. The van der Waals surface area contributed by atoms with E-state index in [-0.39, 0.29) is 34.8 Å². The number of hydrogen-bond donors (Lipinski definition) is 4. The second kappa shape index (κ2) is 14.3. The molecule has 5 fully saturated rings. The van der Waals surface area contributed by atoms with E-state index < -0.39 is 65.0 Å². The number of nitrogens with zero attached hydrogens (tertiary/aromatic N) is 3. The zero-order chi connectivity index (χ0) is 37.7. The average Bonchev–Trinajstić information content (AvgIpc) is 3.59. The highest BCUT2D eigenvalue weighted by atomic mass is 16.2. The second-order valence-corrected chi connectivity index (χ2v) is 17.1. The number of ketones is 1. The van der Waals surface area contributed by atoms with Crippen molar-refractivity contribution in [1.82, 2.24) is 36.1 Å². The number of hydrogen-bond acceptors (Lipinski definition) is 8. The van der Waals surface area contributed by atoms with E-state index in [1.54, 1.807) is 4.90 Å². The molecule has 9 atom stereocenters. The Morgan fingerprint density at radius 2 is 1.70 bits per heavy atom. The maximum absolute atomic E-state index is 14.8. The lowest BCUT2D eigenvalue weighted by Crippen LogP contribution is -2.62. The van der Waals surface area contributed by atoms with Gasteiger partial charge in [0.25, 0.3) is 11.8 Å². The first kappa shape index (κ1) is 36.7. The average molecular weight is 726 g/mol. The molecule has 3 aliphatic carbocycles. The maximum Gasteiger partial charge on any atom is 0.290 e. The highest BCUT2D eigenvalue weighted by molar-refractivity contribution is 6.38. The number of benzene rings is 1. The molecule has 2 saturated heterocycles. The number of carbonyl (C=O) groups is 6. The van der Waals surface area contributed by atoms with Gasteiger partial charge in [-0.25, -0.2) is 4.98 Å². The molecule has 0 bridgehead atoms. The third-order valence-corrected chi connectivity index (χ3v) is 12.7. The molecule has 4 N–H and O–H groups in total. The van der Waals surface area contributed by atoms with Crippen LogP contribution in [0.15, 0.2) is 48.9 Å². The number of likely N-dealkylation sites (tertiary alicyclic amines) is 1. The normalized spacial score (nSPS) is 29.3. The predicted molar refractivity (Wildman–Crippen MR) is 193 cm³/mol. The fourth-order valence-corrected chi connectivity index (χ4v) is 9.99. The molecule has 13 heteroatoms. The molecule has 53 heavy (non-hydrogen) atoms. The topological polar surface area (TPSA) is 180 Å². The molecule has 1 aromatic carbocycles. The summed E-state index contributed by atoms with van der Waals surface area (Å²) in [4.78, 5) is 93.1. The molecule has 13 nitrogen and oxygen atoms in total. The van der Waals surface area contributed by atoms with Crippen molar-refractivity contribution in [2.75, 3.05) is 6.54 Å². The minimum absolute atomic E-state index is 0.0757. The summed E-state index contributed by atoms with van der Waals surface area (Å²) in [5.41, 5.74) is -0.101. The van der Waals surface area contributed by atoms with Gasteiger partial charge in [-0.3, -0.25) is 33.8 Å². The Labute approximate surface area is 310 Å². The summed E-state index contributed by atoms with van der Waals surface area (Å²) >= 11 is 0. The van der Waals surface area contributed by atoms with Crippen LogP contribution in [0.2, 0.25) is 0 Å². The van der Waals surface area contributed by atoms with Crippen molar-refractivity contribution in [3.63, 3.8) is 0 Å². The molecule has 5 amide bonds. The largest absolute Gasteiger partial charge is 0.344 e. The Hall–Kier alpha value is -4.68. The van der Waals surface area contributed by atoms with Gasteiger partial charge in [-0.2, -0.15) is 0 Å². The van der Waals surface area contributed by atoms with Crippen LogP contribution in [0, 0.1) is 34.5 Å². The van der Waals surface area contributed by atoms with Gasteiger partial charge in [0, 0.05) is 18.9 Å². The van der Waals surface area contributed by atoms with Crippen LogP contribution in [0.5, 0.6) is 0 Å². The summed E-state index contributed by atoms with van der Waals surface area (Å²) in [5.74, 6) is -3.04. The van der Waals surface area contributed by atoms with Crippen LogP contribution in [-0.2, 0) is 24.0 Å². The Morgan fingerprint density at radius 1 is 0.962 bits per heavy atom. The molecule has 3 saturated carbocycles. The van der Waals surface area contributed by atoms with Crippen molar-refractivity contribution < 1.29 is 28.8 Å². The molecule has 1 spiro atoms. The lowest BCUT2D eigenvalue weighted by molar-refractivity contribution is -0.145. The van der Waals surface area contributed by atoms with Crippen molar-refractivity contribution >= 4 is 35.3 Å². The molecule has 3 heterocycles. The van der Waals surface area contributed by atoms with Crippen LogP contribution >= 0.6 is 0 Å². The zero-order valence-corrected chi connectivity index (χ0v) is 31.0. The first-order valence-electron chi connectivity index (χ1n) is 19.2. The molecule has 282 valence electrons. The van der Waals surface area contributed by atoms with Crippen LogP contribution in [0.4, 0.5) is 0 Å². The molecule has 2 aliphatic heterocycles. The Morgan fingerprint density at radius 3 is 2.38 bits per heavy atom. The summed E-state index contributed by atoms with van der Waals surface area (Å²) < 4.78 is 0. The molecule has 1 aromatic heterocycles. The van der Waals surface area contributed by atoms with Crippen LogP contribution in [-0.4, -0.2) is 80.9 Å². The number of aromatic nitrogens is 2. The molecule has 1 unspecified atom stereocenters. The molecular formula is C40H51N7O6. The quantitative estimate of drug-likeness (QED) is 0.270. The van der Waals surface area contributed by atoms with Crippen LogP contribution < -0.4 is 21.3 Å². The summed E-state index contributed by atoms with van der Waals surface area (Å²) in [6.07, 6.45) is 10.7. The van der Waals surface area contributed by atoms with E-state index in [2.05, 4.69) is 31.2 Å². The number of rotatable bonds is 10. The van der Waals surface area contributed by atoms with Gasteiger partial charge in [0.15, 0.2) is 0 Å². The Bertz CT molecular complexity index is 1760. The van der Waals surface area contributed by atoms with E-state index in [1.807, 2.05) is 58.0 Å². The molecule has 0 radical (unpaired) electrons. The summed E-state index contributed by atoms with van der Waals surface area (Å²) in [7, 11) is 0. The van der Waals surface area contributed by atoms with Crippen LogP contribution in [0.1, 0.15) is 101 Å². The number of Topliss-reactive ketones (excluding diaryl/α,β-unsaturated/α-hetero) is 1. The zero-order valence-electron chi connectivity index (χ0n) is 31.0. The maximum atomic E-state index is 14.8. The highest BCUT2D eigenvalue weighted by Crippen LogP contribution is 2.74. The van der Waals surface area contributed by atoms with E-state index >= 15 is 0 Å². The number of carbonyl (C=O) groups excluding carboxylic acids is 6. The Kier molecular flexibility index (Phi) is 9.88. The van der Waals surface area contributed by atoms with E-state index in [0.717, 1.165) is 50.5 Å². The van der Waals surface area contributed by atoms with Gasteiger partial charge >= 0.3 is 0 Å². The molecule has 7 rings (SSSR count). The minimum atomic E-state index is -1.00. The fourth-order valence-electron chi connectivity index (χ4n) is 9.99. The van der Waals surface area contributed by atoms with Gasteiger partial charge in [0.1, 0.15) is 23.8 Å². The van der Waals surface area contributed by atoms with E-state index in [9.17, 15) is 28.8 Å². The first-order chi connectivity index (χ1) is 25.3. The fraction of sp³-hybridized carbons (Fsp3) is 0.600. The first-order valence-corrected chi connectivity index (χ1v) is 19.2. The van der Waals surface area contributed by atoms with Gasteiger partial charge in [0.2, 0.25) is 23.5 Å². The van der Waals surface area contributed by atoms with Crippen LogP contribution in [0.3, 0.4) is 0 Å². The van der Waals surface area contributed by atoms with E-state index in [4.69, 9.17) is 0 Å². The smallest absolute Gasteiger partial charge is 0.290 e. The third kappa shape index (κ3) is 7.06. The summed E-state index contributed by atoms with van der Waals surface area (Å²) in [6, 6.07) is 5.26. The second-order valence-electron chi connectivity index (χ2n) is 17.1. The lowest BCUT2D eigenvalue weighted by Gasteiger charge is -2.38. The van der Waals surface area contributed by atoms with Crippen molar-refractivity contribution in [1.29, 1.82) is 0 Å². The monoisotopic (exact) mass is 725 g/mol. The van der Waals surface area contributed by atoms with Crippen molar-refractivity contribution in [2.24, 2.45) is 34.5 Å². The molecule has 2 aromatic rings. The SMILES string of the molecule is C[C@H](NC(=O)C(=O)[C@@H]1C[C@]23CC2C[C@H]2CN(C(=O)[C@@H](NC(=O)[C@@H](NC(=O)c4cnccn4)C4CCCCC4)C(C)(C)C)[C@H](C(=O)N1)[C@H]23)c1ccccc1. The third-order valence-electron chi connectivity index (χ3n) is 12.7.